The summed E-state index contributed by atoms with van der Waals surface area (Å²) in [5.41, 5.74) is 4.50. The molecule has 0 spiro atoms. The molecule has 10 nitrogen and oxygen atoms in total. The van der Waals surface area contributed by atoms with E-state index >= 15 is 0 Å². The first-order valence-corrected chi connectivity index (χ1v) is 26.5. The molecule has 0 aromatic heterocycles. The van der Waals surface area contributed by atoms with Crippen LogP contribution in [-0.2, 0) is 33.4 Å². The first-order chi connectivity index (χ1) is 30.9. The summed E-state index contributed by atoms with van der Waals surface area (Å²) >= 11 is 0. The second-order valence-corrected chi connectivity index (χ2v) is 18.1. The van der Waals surface area contributed by atoms with E-state index in [2.05, 4.69) is 55.1 Å². The van der Waals surface area contributed by atoms with Gasteiger partial charge < -0.3 is 34.5 Å². The molecule has 376 valence electrons. The molecule has 0 bridgehead atoms. The number of esters is 2. The minimum absolute atomic E-state index is 0.00878. The van der Waals surface area contributed by atoms with Crippen molar-refractivity contribution in [3.8, 4) is 0 Å². The normalized spacial score (nSPS) is 13.4. The predicted octanol–water partition coefficient (Wildman–Crippen LogP) is 13.2. The number of nitrogens with zero attached hydrogens (tertiary/aromatic N) is 2. The smallest absolute Gasteiger partial charge is 0.306 e. The van der Waals surface area contributed by atoms with Crippen LogP contribution in [0.25, 0.3) is 0 Å². The fourth-order valence-electron chi connectivity index (χ4n) is 8.09. The number of carbonyl (C=O) groups is 4. The molecule has 1 aliphatic rings. The van der Waals surface area contributed by atoms with Crippen molar-refractivity contribution in [3.05, 3.63) is 0 Å². The van der Waals surface area contributed by atoms with Crippen LogP contribution in [0, 0.1) is 5.92 Å². The Balaban J connectivity index is -0.00000106. The van der Waals surface area contributed by atoms with Gasteiger partial charge in [-0.1, -0.05) is 162 Å². The van der Waals surface area contributed by atoms with E-state index in [-0.39, 0.29) is 18.0 Å². The Kier molecular flexibility index (Phi) is 58.1. The largest absolute Gasteiger partial charge is 0.468 e. The average Bonchev–Trinajstić information content (AvgIpc) is 3.75. The number of likely N-dealkylation sites (tertiary alicyclic amines) is 1. The van der Waals surface area contributed by atoms with Gasteiger partial charge in [-0.3, -0.25) is 14.4 Å². The second kappa shape index (κ2) is 56.1. The molecule has 0 amide bonds. The van der Waals surface area contributed by atoms with Gasteiger partial charge in [0.2, 0.25) is 0 Å². The molecule has 10 heteroatoms. The third-order valence-corrected chi connectivity index (χ3v) is 12.0. The summed E-state index contributed by atoms with van der Waals surface area (Å²) in [7, 11) is 5.82. The number of hydrogen-bond donors (Lipinski definition) is 1. The zero-order valence-electron chi connectivity index (χ0n) is 42.8. The fourth-order valence-corrected chi connectivity index (χ4v) is 8.09. The van der Waals surface area contributed by atoms with Gasteiger partial charge >= 0.3 is 11.9 Å². The van der Waals surface area contributed by atoms with Gasteiger partial charge in [0.15, 0.2) is 0 Å². The molecular formula is C53H107N3O7. The van der Waals surface area contributed by atoms with E-state index in [9.17, 15) is 14.4 Å². The highest BCUT2D eigenvalue weighted by molar-refractivity contribution is 5.69. The summed E-state index contributed by atoms with van der Waals surface area (Å²) in [6.45, 7) is 15.3. The first-order valence-electron chi connectivity index (χ1n) is 26.5. The molecule has 1 heterocycles. The van der Waals surface area contributed by atoms with E-state index in [0.29, 0.717) is 32.5 Å². The van der Waals surface area contributed by atoms with Crippen LogP contribution in [-0.4, -0.2) is 102 Å². The van der Waals surface area contributed by atoms with Crippen molar-refractivity contribution < 1.29 is 33.4 Å². The van der Waals surface area contributed by atoms with E-state index in [1.54, 1.807) is 0 Å². The van der Waals surface area contributed by atoms with E-state index in [4.69, 9.17) is 14.3 Å². The first kappa shape index (κ1) is 65.2. The van der Waals surface area contributed by atoms with Crippen LogP contribution in [0.3, 0.4) is 0 Å². The number of rotatable bonds is 43. The molecule has 1 unspecified atom stereocenters. The lowest BCUT2D eigenvalue weighted by atomic mass is 10.0. The van der Waals surface area contributed by atoms with E-state index < -0.39 is 0 Å². The maximum absolute atomic E-state index is 12.3. The summed E-state index contributed by atoms with van der Waals surface area (Å²) in [6.07, 6.45) is 41.4. The molecule has 63 heavy (non-hydrogen) atoms. The van der Waals surface area contributed by atoms with Crippen LogP contribution in [0.2, 0.25) is 0 Å². The molecule has 0 aromatic rings. The van der Waals surface area contributed by atoms with Crippen LogP contribution >= 0.6 is 0 Å². The fraction of sp³-hybridized carbons (Fsp3) is 0.925. The molecule has 1 fully saturated rings. The summed E-state index contributed by atoms with van der Waals surface area (Å²) in [4.78, 5) is 47.1. The highest BCUT2D eigenvalue weighted by Crippen LogP contribution is 2.21. The Morgan fingerprint density at radius 1 is 0.619 bits per heavy atom. The van der Waals surface area contributed by atoms with Crippen molar-refractivity contribution >= 4 is 25.2 Å². The SMILES string of the molecule is C=O.CCCCCCCCC(CCCCCCCC)OC(=O)CCCCCCCOC=O.CCCCCCCCCCCOC(=O)CCCCCN1CCC(CCN(C)C)C1.CN. The maximum Gasteiger partial charge on any atom is 0.306 e. The van der Waals surface area contributed by atoms with Gasteiger partial charge in [-0.05, 0) is 117 Å². The van der Waals surface area contributed by atoms with Gasteiger partial charge in [0.05, 0.1) is 13.2 Å². The minimum Gasteiger partial charge on any atom is -0.468 e. The lowest BCUT2D eigenvalue weighted by Crippen LogP contribution is -2.23. The minimum atomic E-state index is -0.0127. The van der Waals surface area contributed by atoms with Crippen molar-refractivity contribution in [2.75, 3.05) is 60.5 Å². The van der Waals surface area contributed by atoms with Crippen molar-refractivity contribution in [2.24, 2.45) is 11.7 Å². The summed E-state index contributed by atoms with van der Waals surface area (Å²) in [5, 5.41) is 0. The quantitative estimate of drug-likeness (QED) is 0.0273. The van der Waals surface area contributed by atoms with Crippen LogP contribution < -0.4 is 5.73 Å². The van der Waals surface area contributed by atoms with Gasteiger partial charge in [-0.2, -0.15) is 0 Å². The third kappa shape index (κ3) is 52.5. The number of unbranched alkanes of at least 4 members (excludes halogenated alkanes) is 24. The highest BCUT2D eigenvalue weighted by Gasteiger charge is 2.21. The molecule has 0 radical (unpaired) electrons. The van der Waals surface area contributed by atoms with Crippen LogP contribution in [0.1, 0.15) is 245 Å². The topological polar surface area (TPSA) is 128 Å². The lowest BCUT2D eigenvalue weighted by molar-refractivity contribution is -0.150. The van der Waals surface area contributed by atoms with Gasteiger partial charge in [-0.25, -0.2) is 0 Å². The Hall–Kier alpha value is -2.04. The molecular weight excluding hydrogens is 791 g/mol. The van der Waals surface area contributed by atoms with Crippen molar-refractivity contribution in [3.63, 3.8) is 0 Å². The molecule has 1 rings (SSSR count). The summed E-state index contributed by atoms with van der Waals surface area (Å²) < 4.78 is 15.9. The molecule has 1 saturated heterocycles. The molecule has 0 aromatic carbocycles. The van der Waals surface area contributed by atoms with E-state index in [1.807, 2.05) is 6.79 Å². The Morgan fingerprint density at radius 2 is 1.05 bits per heavy atom. The monoisotopic (exact) mass is 898 g/mol. The van der Waals surface area contributed by atoms with Gasteiger partial charge in [0.1, 0.15) is 12.9 Å². The number of nitrogens with two attached hydrogens (primary N) is 1. The van der Waals surface area contributed by atoms with Crippen LogP contribution in [0.4, 0.5) is 0 Å². The zero-order chi connectivity index (χ0) is 47.3. The number of carbonyl (C=O) groups excluding carboxylic acids is 4. The summed E-state index contributed by atoms with van der Waals surface area (Å²) in [6, 6.07) is 0. The van der Waals surface area contributed by atoms with E-state index in [0.717, 1.165) is 70.1 Å². The third-order valence-electron chi connectivity index (χ3n) is 12.0. The van der Waals surface area contributed by atoms with Gasteiger partial charge in [-0.15, -0.1) is 0 Å². The van der Waals surface area contributed by atoms with Crippen LogP contribution in [0.5, 0.6) is 0 Å². The van der Waals surface area contributed by atoms with Crippen molar-refractivity contribution in [2.45, 2.75) is 252 Å². The molecule has 2 N–H and O–H groups in total. The highest BCUT2D eigenvalue weighted by atomic mass is 16.5. The van der Waals surface area contributed by atoms with E-state index in [1.165, 1.54) is 181 Å². The molecule has 0 aliphatic carbocycles. The van der Waals surface area contributed by atoms with Gasteiger partial charge in [0, 0.05) is 19.4 Å². The lowest BCUT2D eigenvalue weighted by Gasteiger charge is -2.18. The standard InChI is InChI=1S/C26H50O4.C25H50N2O2.CH5N.CH2O/c1-3-5-7-9-12-16-20-25(21-17-13-10-8-6-4-2)30-26(28)22-18-14-11-15-19-23-29-24-27;1-4-5-6-7-8-9-10-11-15-22-29-25(28)16-13-12-14-19-27-21-18-24(23-27)17-20-26(2)3;2*1-2/h24-25H,3-23H2,1-2H3;24H,4-23H2,1-3H3;2H2,1H3;1H2. The zero-order valence-corrected chi connectivity index (χ0v) is 42.8. The number of ether oxygens (including phenoxy) is 3. The average molecular weight is 898 g/mol. The second-order valence-electron chi connectivity index (χ2n) is 18.1. The van der Waals surface area contributed by atoms with Gasteiger partial charge in [0.25, 0.3) is 6.47 Å². The Labute approximate surface area is 391 Å². The van der Waals surface area contributed by atoms with Crippen molar-refractivity contribution in [1.29, 1.82) is 0 Å². The van der Waals surface area contributed by atoms with Crippen molar-refractivity contribution in [1.82, 2.24) is 9.80 Å². The number of hydrogen-bond acceptors (Lipinski definition) is 10. The summed E-state index contributed by atoms with van der Waals surface area (Å²) in [5.74, 6) is 0.879. The molecule has 1 aliphatic heterocycles. The Bertz CT molecular complexity index is 909. The molecule has 0 saturated carbocycles. The maximum atomic E-state index is 12.3. The van der Waals surface area contributed by atoms with Crippen LogP contribution in [0.15, 0.2) is 0 Å². The Morgan fingerprint density at radius 3 is 1.54 bits per heavy atom. The predicted molar refractivity (Wildman–Crippen MR) is 267 cm³/mol. The molecule has 1 atom stereocenters.